The second-order valence-electron chi connectivity index (χ2n) is 5.29. The highest BCUT2D eigenvalue weighted by atomic mass is 16.5. The molecule has 0 N–H and O–H groups in total. The maximum atomic E-state index is 5.66. The zero-order valence-corrected chi connectivity index (χ0v) is 14.1. The van der Waals surface area contributed by atoms with Crippen molar-refractivity contribution in [1.29, 1.82) is 0 Å². The largest absolute Gasteiger partial charge is 0.493 e. The lowest BCUT2D eigenvalue weighted by molar-refractivity contribution is 0.320. The van der Waals surface area contributed by atoms with Gasteiger partial charge in [0.2, 0.25) is 5.75 Å². The summed E-state index contributed by atoms with van der Waals surface area (Å²) in [7, 11) is 4.77. The molecule has 0 fully saturated rings. The minimum atomic E-state index is -0.793. The molecular formula is C18H19N3O3. The van der Waals surface area contributed by atoms with Crippen molar-refractivity contribution in [2.45, 2.75) is 12.5 Å². The van der Waals surface area contributed by atoms with E-state index in [4.69, 9.17) is 14.2 Å². The van der Waals surface area contributed by atoms with E-state index in [2.05, 4.69) is 15.0 Å². The Balaban J connectivity index is 2.32. The molecule has 1 atom stereocenters. The Morgan fingerprint density at radius 2 is 1.75 bits per heavy atom. The first kappa shape index (κ1) is 16.0. The van der Waals surface area contributed by atoms with Crippen LogP contribution in [0.4, 0.5) is 0 Å². The van der Waals surface area contributed by atoms with Gasteiger partial charge < -0.3 is 14.2 Å². The van der Waals surface area contributed by atoms with Gasteiger partial charge in [-0.15, -0.1) is 0 Å². The van der Waals surface area contributed by atoms with Gasteiger partial charge in [0.25, 0.3) is 0 Å². The van der Waals surface area contributed by atoms with Crippen molar-refractivity contribution in [2.24, 2.45) is 9.98 Å². The SMILES string of the molecule is COc1ccc(C2(c3cccnc3)N=CN=C2C)c(OC)c1OC. The minimum absolute atomic E-state index is 0.524. The summed E-state index contributed by atoms with van der Waals surface area (Å²) in [4.78, 5) is 13.3. The van der Waals surface area contributed by atoms with Crippen molar-refractivity contribution in [2.75, 3.05) is 21.3 Å². The monoisotopic (exact) mass is 325 g/mol. The zero-order valence-electron chi connectivity index (χ0n) is 14.1. The maximum absolute atomic E-state index is 5.66. The number of aromatic nitrogens is 1. The highest BCUT2D eigenvalue weighted by Gasteiger charge is 2.43. The van der Waals surface area contributed by atoms with Crippen LogP contribution < -0.4 is 14.2 Å². The molecule has 0 saturated carbocycles. The summed E-state index contributed by atoms with van der Waals surface area (Å²) < 4.78 is 16.6. The van der Waals surface area contributed by atoms with E-state index < -0.39 is 5.54 Å². The summed E-state index contributed by atoms with van der Waals surface area (Å²) in [6.07, 6.45) is 5.09. The Bertz CT molecular complexity index is 803. The van der Waals surface area contributed by atoms with Crippen LogP contribution in [0.2, 0.25) is 0 Å². The summed E-state index contributed by atoms with van der Waals surface area (Å²) in [6, 6.07) is 7.63. The molecule has 0 bridgehead atoms. The summed E-state index contributed by atoms with van der Waals surface area (Å²) in [6.45, 7) is 1.94. The van der Waals surface area contributed by atoms with Crippen LogP contribution in [0.25, 0.3) is 0 Å². The van der Waals surface area contributed by atoms with Crippen molar-refractivity contribution in [3.05, 3.63) is 47.8 Å². The van der Waals surface area contributed by atoms with Crippen LogP contribution in [-0.4, -0.2) is 38.4 Å². The van der Waals surface area contributed by atoms with Crippen LogP contribution >= 0.6 is 0 Å². The lowest BCUT2D eigenvalue weighted by atomic mass is 9.80. The van der Waals surface area contributed by atoms with Crippen LogP contribution in [-0.2, 0) is 5.54 Å². The van der Waals surface area contributed by atoms with Crippen LogP contribution in [0.5, 0.6) is 17.2 Å². The smallest absolute Gasteiger partial charge is 0.203 e. The number of aliphatic imine (C=N–C) groups is 2. The van der Waals surface area contributed by atoms with Crippen LogP contribution in [0.3, 0.4) is 0 Å². The van der Waals surface area contributed by atoms with Crippen molar-refractivity contribution in [3.8, 4) is 17.2 Å². The molecule has 1 aromatic heterocycles. The molecule has 24 heavy (non-hydrogen) atoms. The predicted molar refractivity (Wildman–Crippen MR) is 92.7 cm³/mol. The van der Waals surface area contributed by atoms with Crippen molar-refractivity contribution in [3.63, 3.8) is 0 Å². The number of pyridine rings is 1. The topological polar surface area (TPSA) is 65.3 Å². The van der Waals surface area contributed by atoms with Gasteiger partial charge in [-0.2, -0.15) is 0 Å². The minimum Gasteiger partial charge on any atom is -0.493 e. The van der Waals surface area contributed by atoms with Crippen LogP contribution in [0, 0.1) is 0 Å². The summed E-state index contributed by atoms with van der Waals surface area (Å²) in [5.41, 5.74) is 1.77. The Morgan fingerprint density at radius 3 is 2.29 bits per heavy atom. The van der Waals surface area contributed by atoms with Gasteiger partial charge in [-0.05, 0) is 25.1 Å². The Kier molecular flexibility index (Phi) is 4.20. The fraction of sp³-hybridized carbons (Fsp3) is 0.278. The van der Waals surface area contributed by atoms with E-state index in [0.717, 1.165) is 16.8 Å². The van der Waals surface area contributed by atoms with E-state index in [9.17, 15) is 0 Å². The van der Waals surface area contributed by atoms with E-state index in [1.54, 1.807) is 40.1 Å². The lowest BCUT2D eigenvalue weighted by Crippen LogP contribution is -2.32. The summed E-state index contributed by atoms with van der Waals surface area (Å²) in [5.74, 6) is 1.68. The van der Waals surface area contributed by atoms with Crippen LogP contribution in [0.1, 0.15) is 18.1 Å². The number of hydrogen-bond donors (Lipinski definition) is 0. The standard InChI is InChI=1S/C18H19N3O3/c1-12-18(21-11-20-12,13-6-5-9-19-10-13)14-7-8-15(22-2)17(24-4)16(14)23-3/h5-11H,1-4H3. The lowest BCUT2D eigenvalue weighted by Gasteiger charge is -2.30. The fourth-order valence-electron chi connectivity index (χ4n) is 3.06. The first-order valence-corrected chi connectivity index (χ1v) is 7.47. The van der Waals surface area contributed by atoms with Gasteiger partial charge >= 0.3 is 0 Å². The zero-order chi connectivity index (χ0) is 17.2. The fourth-order valence-corrected chi connectivity index (χ4v) is 3.06. The third kappa shape index (κ3) is 2.22. The molecule has 0 aliphatic carbocycles. The van der Waals surface area contributed by atoms with Gasteiger partial charge in [0.1, 0.15) is 6.34 Å². The highest BCUT2D eigenvalue weighted by molar-refractivity contribution is 6.04. The van der Waals surface area contributed by atoms with E-state index in [1.165, 1.54) is 0 Å². The molecule has 6 nitrogen and oxygen atoms in total. The number of methoxy groups -OCH3 is 3. The average Bonchev–Trinajstić information content (AvgIpc) is 3.03. The summed E-state index contributed by atoms with van der Waals surface area (Å²) >= 11 is 0. The molecule has 0 radical (unpaired) electrons. The van der Waals surface area contributed by atoms with Gasteiger partial charge in [-0.3, -0.25) is 9.98 Å². The highest BCUT2D eigenvalue weighted by Crippen LogP contribution is 2.48. The number of nitrogens with zero attached hydrogens (tertiary/aromatic N) is 3. The number of benzene rings is 1. The maximum Gasteiger partial charge on any atom is 0.203 e. The molecule has 1 aromatic carbocycles. The molecule has 2 heterocycles. The van der Waals surface area contributed by atoms with Crippen LogP contribution in [0.15, 0.2) is 46.6 Å². The first-order chi connectivity index (χ1) is 11.7. The van der Waals surface area contributed by atoms with E-state index in [0.29, 0.717) is 17.2 Å². The van der Waals surface area contributed by atoms with E-state index >= 15 is 0 Å². The van der Waals surface area contributed by atoms with E-state index in [-0.39, 0.29) is 0 Å². The molecule has 1 aliphatic rings. The molecule has 3 rings (SSSR count). The van der Waals surface area contributed by atoms with Gasteiger partial charge in [0.15, 0.2) is 17.0 Å². The Morgan fingerprint density at radius 1 is 0.958 bits per heavy atom. The van der Waals surface area contributed by atoms with Gasteiger partial charge in [0.05, 0.1) is 27.0 Å². The Labute approximate surface area is 140 Å². The molecule has 0 saturated heterocycles. The predicted octanol–water partition coefficient (Wildman–Crippen LogP) is 2.85. The molecule has 1 aliphatic heterocycles. The third-order valence-electron chi connectivity index (χ3n) is 4.20. The molecule has 6 heteroatoms. The second-order valence-corrected chi connectivity index (χ2v) is 5.29. The molecule has 0 amide bonds. The molecular weight excluding hydrogens is 306 g/mol. The molecule has 1 unspecified atom stereocenters. The number of hydrogen-bond acceptors (Lipinski definition) is 6. The normalized spacial score (nSPS) is 19.1. The number of rotatable bonds is 5. The Hall–Kier alpha value is -2.89. The van der Waals surface area contributed by atoms with Gasteiger partial charge in [-0.25, -0.2) is 4.99 Å². The van der Waals surface area contributed by atoms with Crippen molar-refractivity contribution >= 4 is 12.1 Å². The van der Waals surface area contributed by atoms with Crippen molar-refractivity contribution in [1.82, 2.24) is 4.98 Å². The van der Waals surface area contributed by atoms with Gasteiger partial charge in [-0.1, -0.05) is 6.07 Å². The average molecular weight is 325 g/mol. The van der Waals surface area contributed by atoms with E-state index in [1.807, 2.05) is 31.2 Å². The first-order valence-electron chi connectivity index (χ1n) is 7.47. The third-order valence-corrected chi connectivity index (χ3v) is 4.20. The van der Waals surface area contributed by atoms with Crippen molar-refractivity contribution < 1.29 is 14.2 Å². The quantitative estimate of drug-likeness (QED) is 0.848. The van der Waals surface area contributed by atoms with Gasteiger partial charge in [0, 0.05) is 23.5 Å². The molecule has 2 aromatic rings. The molecule has 124 valence electrons. The summed E-state index contributed by atoms with van der Waals surface area (Å²) in [5, 5.41) is 0. The molecule has 0 spiro atoms. The number of ether oxygens (including phenoxy) is 3. The second kappa shape index (κ2) is 6.31.